The first kappa shape index (κ1) is 14.7. The molecule has 0 aromatic rings. The van der Waals surface area contributed by atoms with Crippen molar-refractivity contribution in [3.63, 3.8) is 0 Å². The van der Waals surface area contributed by atoms with Gasteiger partial charge in [0.1, 0.15) is 5.78 Å². The van der Waals surface area contributed by atoms with Gasteiger partial charge in [-0.2, -0.15) is 0 Å². The predicted octanol–water partition coefficient (Wildman–Crippen LogP) is 5.13. The van der Waals surface area contributed by atoms with Crippen LogP contribution in [0.15, 0.2) is 0 Å². The van der Waals surface area contributed by atoms with Crippen molar-refractivity contribution < 1.29 is 4.79 Å². The Hall–Kier alpha value is -0.330. The van der Waals surface area contributed by atoms with Crippen LogP contribution in [0.2, 0.25) is 0 Å². The summed E-state index contributed by atoms with van der Waals surface area (Å²) in [6.45, 7) is 4.39. The predicted molar refractivity (Wildman–Crippen MR) is 74.1 cm³/mol. The number of carbonyl (C=O) groups is 1. The van der Waals surface area contributed by atoms with Gasteiger partial charge in [0, 0.05) is 12.3 Å². The second-order valence-electron chi connectivity index (χ2n) is 5.82. The SMILES string of the molecule is CCCCCCCCCCC(=O)C(C)C1CC1. The lowest BCUT2D eigenvalue weighted by molar-refractivity contribution is -0.123. The molecular formula is C16H30O. The Morgan fingerprint density at radius 3 is 2.06 bits per heavy atom. The van der Waals surface area contributed by atoms with Crippen molar-refractivity contribution in [1.29, 1.82) is 0 Å². The summed E-state index contributed by atoms with van der Waals surface area (Å²) in [6, 6.07) is 0. The van der Waals surface area contributed by atoms with Crippen molar-refractivity contribution in [3.05, 3.63) is 0 Å². The van der Waals surface area contributed by atoms with Crippen molar-refractivity contribution in [2.45, 2.75) is 84.5 Å². The Balaban J connectivity index is 1.84. The molecule has 1 fully saturated rings. The molecule has 0 aromatic heterocycles. The number of Topliss-reactive ketones (excluding diaryl/α,β-unsaturated/α-hetero) is 1. The summed E-state index contributed by atoms with van der Waals surface area (Å²) in [6.07, 6.45) is 14.0. The average molecular weight is 238 g/mol. The molecule has 0 radical (unpaired) electrons. The molecule has 0 N–H and O–H groups in total. The van der Waals surface area contributed by atoms with E-state index in [0.29, 0.717) is 11.7 Å². The lowest BCUT2D eigenvalue weighted by atomic mass is 9.96. The summed E-state index contributed by atoms with van der Waals surface area (Å²) in [4.78, 5) is 11.8. The van der Waals surface area contributed by atoms with Gasteiger partial charge in [0.2, 0.25) is 0 Å². The number of carbonyl (C=O) groups excluding carboxylic acids is 1. The van der Waals surface area contributed by atoms with E-state index < -0.39 is 0 Å². The van der Waals surface area contributed by atoms with Crippen LogP contribution in [0.25, 0.3) is 0 Å². The molecule has 1 heteroatoms. The maximum absolute atomic E-state index is 11.8. The zero-order chi connectivity index (χ0) is 12.5. The fourth-order valence-electron chi connectivity index (χ4n) is 2.52. The van der Waals surface area contributed by atoms with Gasteiger partial charge in [0.15, 0.2) is 0 Å². The van der Waals surface area contributed by atoms with Gasteiger partial charge in [-0.05, 0) is 25.2 Å². The van der Waals surface area contributed by atoms with Gasteiger partial charge in [0.05, 0.1) is 0 Å². The van der Waals surface area contributed by atoms with E-state index in [4.69, 9.17) is 0 Å². The second-order valence-corrected chi connectivity index (χ2v) is 5.82. The third-order valence-electron chi connectivity index (χ3n) is 4.11. The van der Waals surface area contributed by atoms with Crippen molar-refractivity contribution >= 4 is 5.78 Å². The molecule has 0 bridgehead atoms. The summed E-state index contributed by atoms with van der Waals surface area (Å²) in [7, 11) is 0. The quantitative estimate of drug-likeness (QED) is 0.456. The zero-order valence-electron chi connectivity index (χ0n) is 11.8. The molecule has 1 aliphatic carbocycles. The van der Waals surface area contributed by atoms with Crippen molar-refractivity contribution in [3.8, 4) is 0 Å². The monoisotopic (exact) mass is 238 g/mol. The zero-order valence-corrected chi connectivity index (χ0v) is 11.8. The molecule has 1 nitrogen and oxygen atoms in total. The average Bonchev–Trinajstić information content (AvgIpc) is 3.15. The molecule has 17 heavy (non-hydrogen) atoms. The third-order valence-corrected chi connectivity index (χ3v) is 4.11. The maximum Gasteiger partial charge on any atom is 0.135 e. The van der Waals surface area contributed by atoms with E-state index in [0.717, 1.165) is 18.8 Å². The van der Waals surface area contributed by atoms with Gasteiger partial charge in [-0.15, -0.1) is 0 Å². The number of hydrogen-bond donors (Lipinski definition) is 0. The summed E-state index contributed by atoms with van der Waals surface area (Å²) >= 11 is 0. The van der Waals surface area contributed by atoms with Crippen LogP contribution >= 0.6 is 0 Å². The lowest BCUT2D eigenvalue weighted by Gasteiger charge is -2.08. The fraction of sp³-hybridized carbons (Fsp3) is 0.938. The number of hydrogen-bond acceptors (Lipinski definition) is 1. The first-order chi connectivity index (χ1) is 8.25. The summed E-state index contributed by atoms with van der Waals surface area (Å²) in [5.74, 6) is 1.63. The summed E-state index contributed by atoms with van der Waals surface area (Å²) in [5.41, 5.74) is 0. The van der Waals surface area contributed by atoms with Crippen molar-refractivity contribution in [2.75, 3.05) is 0 Å². The molecule has 1 aliphatic rings. The molecule has 0 heterocycles. The fourth-order valence-corrected chi connectivity index (χ4v) is 2.52. The number of rotatable bonds is 11. The standard InChI is InChI=1S/C16H30O/c1-3-4-5-6-7-8-9-10-11-16(17)14(2)15-12-13-15/h14-15H,3-13H2,1-2H3. The maximum atomic E-state index is 11.8. The molecule has 1 saturated carbocycles. The highest BCUT2D eigenvalue weighted by molar-refractivity contribution is 5.81. The minimum Gasteiger partial charge on any atom is -0.299 e. The Morgan fingerprint density at radius 2 is 1.53 bits per heavy atom. The highest BCUT2D eigenvalue weighted by Gasteiger charge is 2.31. The van der Waals surface area contributed by atoms with Crippen molar-refractivity contribution in [1.82, 2.24) is 0 Å². The second kappa shape index (κ2) is 8.72. The van der Waals surface area contributed by atoms with Crippen LogP contribution in [0.5, 0.6) is 0 Å². The topological polar surface area (TPSA) is 17.1 Å². The highest BCUT2D eigenvalue weighted by atomic mass is 16.1. The van der Waals surface area contributed by atoms with Gasteiger partial charge in [-0.1, -0.05) is 58.8 Å². The van der Waals surface area contributed by atoms with Gasteiger partial charge in [0.25, 0.3) is 0 Å². The molecule has 0 amide bonds. The Kier molecular flexibility index (Phi) is 7.55. The molecule has 100 valence electrons. The van der Waals surface area contributed by atoms with Crippen LogP contribution in [0, 0.1) is 11.8 Å². The third kappa shape index (κ3) is 6.85. The molecule has 0 aromatic carbocycles. The normalized spacial score (nSPS) is 17.1. The molecule has 0 aliphatic heterocycles. The van der Waals surface area contributed by atoms with Crippen LogP contribution in [0.4, 0.5) is 0 Å². The van der Waals surface area contributed by atoms with Gasteiger partial charge in [-0.25, -0.2) is 0 Å². The van der Waals surface area contributed by atoms with E-state index in [2.05, 4.69) is 13.8 Å². The number of unbranched alkanes of at least 4 members (excludes halogenated alkanes) is 7. The van der Waals surface area contributed by atoms with Gasteiger partial charge < -0.3 is 0 Å². The molecular weight excluding hydrogens is 208 g/mol. The van der Waals surface area contributed by atoms with Crippen LogP contribution in [-0.2, 0) is 4.79 Å². The van der Waals surface area contributed by atoms with Gasteiger partial charge in [-0.3, -0.25) is 4.79 Å². The lowest BCUT2D eigenvalue weighted by Crippen LogP contribution is -2.12. The first-order valence-corrected chi connectivity index (χ1v) is 7.78. The molecule has 1 atom stereocenters. The van der Waals surface area contributed by atoms with Crippen LogP contribution in [0.3, 0.4) is 0 Å². The van der Waals surface area contributed by atoms with Gasteiger partial charge >= 0.3 is 0 Å². The molecule has 0 saturated heterocycles. The van der Waals surface area contributed by atoms with E-state index in [-0.39, 0.29) is 0 Å². The minimum atomic E-state index is 0.361. The number of ketones is 1. The Labute approximate surface area is 107 Å². The smallest absolute Gasteiger partial charge is 0.135 e. The minimum absolute atomic E-state index is 0.361. The molecule has 1 unspecified atom stereocenters. The Bertz CT molecular complexity index is 206. The summed E-state index contributed by atoms with van der Waals surface area (Å²) in [5, 5.41) is 0. The van der Waals surface area contributed by atoms with Crippen LogP contribution in [0.1, 0.15) is 84.5 Å². The van der Waals surface area contributed by atoms with E-state index in [9.17, 15) is 4.79 Å². The van der Waals surface area contributed by atoms with E-state index >= 15 is 0 Å². The molecule has 1 rings (SSSR count). The largest absolute Gasteiger partial charge is 0.299 e. The first-order valence-electron chi connectivity index (χ1n) is 7.78. The van der Waals surface area contributed by atoms with E-state index in [1.54, 1.807) is 0 Å². The van der Waals surface area contributed by atoms with E-state index in [1.165, 1.54) is 57.8 Å². The van der Waals surface area contributed by atoms with Crippen molar-refractivity contribution in [2.24, 2.45) is 11.8 Å². The molecule has 0 spiro atoms. The van der Waals surface area contributed by atoms with Crippen LogP contribution < -0.4 is 0 Å². The van der Waals surface area contributed by atoms with Crippen LogP contribution in [-0.4, -0.2) is 5.78 Å². The summed E-state index contributed by atoms with van der Waals surface area (Å²) < 4.78 is 0. The van der Waals surface area contributed by atoms with E-state index in [1.807, 2.05) is 0 Å². The highest BCUT2D eigenvalue weighted by Crippen LogP contribution is 2.37. The Morgan fingerprint density at radius 1 is 1.00 bits per heavy atom.